The molecule has 0 aliphatic heterocycles. The van der Waals surface area contributed by atoms with Crippen molar-refractivity contribution in [3.05, 3.63) is 53.9 Å². The predicted molar refractivity (Wildman–Crippen MR) is 70.6 cm³/mol. The van der Waals surface area contributed by atoms with Crippen LogP contribution in [-0.4, -0.2) is 27.9 Å². The minimum Gasteiger partial charge on any atom is -0.477 e. The molecule has 0 fully saturated rings. The summed E-state index contributed by atoms with van der Waals surface area (Å²) in [7, 11) is 0. The monoisotopic (exact) mass is 275 g/mol. The first-order chi connectivity index (χ1) is 9.40. The Morgan fingerprint density at radius 1 is 1.10 bits per heavy atom. The molecular formula is C13H13N3O4. The summed E-state index contributed by atoms with van der Waals surface area (Å²) in [6.07, 6.45) is 5.00. The van der Waals surface area contributed by atoms with Gasteiger partial charge in [0.25, 0.3) is 0 Å². The number of amides is 2. The van der Waals surface area contributed by atoms with Crippen molar-refractivity contribution in [3.63, 3.8) is 0 Å². The number of aromatic nitrogens is 1. The molecule has 0 bridgehead atoms. The predicted octanol–water partition coefficient (Wildman–Crippen LogP) is -0.0536. The van der Waals surface area contributed by atoms with Gasteiger partial charge in [-0.25, -0.2) is 9.78 Å². The van der Waals surface area contributed by atoms with Crippen molar-refractivity contribution < 1.29 is 19.5 Å². The molecule has 5 N–H and O–H groups in total. The summed E-state index contributed by atoms with van der Waals surface area (Å²) in [6, 6.07) is 4.40. The Balaban J connectivity index is 3.15. The lowest BCUT2D eigenvalue weighted by Gasteiger charge is -2.07. The summed E-state index contributed by atoms with van der Waals surface area (Å²) in [5.74, 6) is -3.11. The molecule has 0 aromatic carbocycles. The van der Waals surface area contributed by atoms with Crippen LogP contribution in [0.3, 0.4) is 0 Å². The summed E-state index contributed by atoms with van der Waals surface area (Å²) in [4.78, 5) is 36.3. The Bertz CT molecular complexity index is 569. The van der Waals surface area contributed by atoms with Crippen LogP contribution < -0.4 is 11.5 Å². The van der Waals surface area contributed by atoms with Gasteiger partial charge in [-0.15, -0.1) is 0 Å². The van der Waals surface area contributed by atoms with E-state index < -0.39 is 23.7 Å². The molecule has 0 unspecified atom stereocenters. The maximum atomic E-state index is 10.9. The van der Waals surface area contributed by atoms with Gasteiger partial charge in [-0.3, -0.25) is 9.59 Å². The second-order valence-electron chi connectivity index (χ2n) is 3.80. The first-order valence-corrected chi connectivity index (χ1v) is 5.55. The number of carbonyl (C=O) groups excluding carboxylic acids is 2. The van der Waals surface area contributed by atoms with Crippen LogP contribution in [-0.2, 0) is 9.59 Å². The van der Waals surface area contributed by atoms with Crippen LogP contribution >= 0.6 is 0 Å². The van der Waals surface area contributed by atoms with E-state index in [1.54, 1.807) is 6.07 Å². The number of hydrogen-bond donors (Lipinski definition) is 3. The minimum absolute atomic E-state index is 0.146. The topological polar surface area (TPSA) is 136 Å². The van der Waals surface area contributed by atoms with E-state index in [2.05, 4.69) is 4.98 Å². The molecule has 7 heteroatoms. The van der Waals surface area contributed by atoms with Crippen molar-refractivity contribution in [1.29, 1.82) is 0 Å². The Morgan fingerprint density at radius 2 is 1.65 bits per heavy atom. The fourth-order valence-electron chi connectivity index (χ4n) is 1.41. The third-order valence-corrected chi connectivity index (χ3v) is 2.27. The smallest absolute Gasteiger partial charge is 0.354 e. The third-order valence-electron chi connectivity index (χ3n) is 2.27. The summed E-state index contributed by atoms with van der Waals surface area (Å²) >= 11 is 0. The number of aromatic carboxylic acids is 1. The molecule has 0 aliphatic carbocycles. The third kappa shape index (κ3) is 4.73. The summed E-state index contributed by atoms with van der Waals surface area (Å²) in [6.45, 7) is 0. The fraction of sp³-hybridized carbons (Fsp3) is 0.0769. The molecule has 0 atom stereocenters. The van der Waals surface area contributed by atoms with Crippen molar-refractivity contribution in [2.24, 2.45) is 11.5 Å². The summed E-state index contributed by atoms with van der Waals surface area (Å²) in [5, 5.41) is 8.88. The molecule has 0 spiro atoms. The van der Waals surface area contributed by atoms with Crippen molar-refractivity contribution in [3.8, 4) is 0 Å². The maximum Gasteiger partial charge on any atom is 0.354 e. The van der Waals surface area contributed by atoms with Crippen LogP contribution in [0.4, 0.5) is 0 Å². The van der Waals surface area contributed by atoms with Crippen molar-refractivity contribution in [2.45, 2.75) is 5.92 Å². The first kappa shape index (κ1) is 15.1. The molecule has 0 radical (unpaired) electrons. The lowest BCUT2D eigenvalue weighted by molar-refractivity contribution is -0.114. The number of rotatable bonds is 6. The SMILES string of the molecule is NC(=O)/C=C/C(/C=C/C(N)=O)c1cccc(C(=O)O)n1. The standard InChI is InChI=1S/C13H13N3O4/c14-11(17)6-4-8(5-7-12(15)18)9-2-1-3-10(16-9)13(19)20/h1-8H,(H2,14,17)(H2,15,18)(H,19,20)/b6-4+,7-5+. The largest absolute Gasteiger partial charge is 0.477 e. The number of primary amides is 2. The lowest BCUT2D eigenvalue weighted by Crippen LogP contribution is -2.09. The van der Waals surface area contributed by atoms with Crippen LogP contribution in [0.2, 0.25) is 0 Å². The van der Waals surface area contributed by atoms with Gasteiger partial charge in [0.05, 0.1) is 5.69 Å². The second kappa shape index (κ2) is 6.83. The van der Waals surface area contributed by atoms with E-state index in [0.717, 1.165) is 12.2 Å². The maximum absolute atomic E-state index is 10.9. The molecule has 1 aromatic heterocycles. The Morgan fingerprint density at radius 3 is 2.10 bits per heavy atom. The molecule has 20 heavy (non-hydrogen) atoms. The fourth-order valence-corrected chi connectivity index (χ4v) is 1.41. The minimum atomic E-state index is -1.18. The molecule has 0 aliphatic rings. The highest BCUT2D eigenvalue weighted by molar-refractivity contribution is 5.87. The quantitative estimate of drug-likeness (QED) is 0.625. The van der Waals surface area contributed by atoms with Crippen LogP contribution in [0, 0.1) is 0 Å². The average Bonchev–Trinajstić information content (AvgIpc) is 2.38. The zero-order valence-electron chi connectivity index (χ0n) is 10.4. The van der Waals surface area contributed by atoms with E-state index in [1.807, 2.05) is 0 Å². The Labute approximate surface area is 114 Å². The van der Waals surface area contributed by atoms with Gasteiger partial charge in [-0.2, -0.15) is 0 Å². The van der Waals surface area contributed by atoms with Gasteiger partial charge in [0, 0.05) is 5.92 Å². The van der Waals surface area contributed by atoms with E-state index in [-0.39, 0.29) is 5.69 Å². The number of pyridine rings is 1. The first-order valence-electron chi connectivity index (χ1n) is 5.55. The van der Waals surface area contributed by atoms with E-state index in [9.17, 15) is 14.4 Å². The molecule has 1 heterocycles. The van der Waals surface area contributed by atoms with E-state index in [1.165, 1.54) is 24.3 Å². The van der Waals surface area contributed by atoms with Gasteiger partial charge in [0.1, 0.15) is 5.69 Å². The molecule has 1 aromatic rings. The zero-order valence-corrected chi connectivity index (χ0v) is 10.4. The van der Waals surface area contributed by atoms with Crippen LogP contribution in [0.15, 0.2) is 42.5 Å². The molecule has 1 rings (SSSR count). The Hall–Kier alpha value is -2.96. The van der Waals surface area contributed by atoms with Crippen molar-refractivity contribution in [2.75, 3.05) is 0 Å². The molecule has 0 saturated heterocycles. The summed E-state index contributed by atoms with van der Waals surface area (Å²) < 4.78 is 0. The normalized spacial score (nSPS) is 11.2. The number of nitrogens with zero attached hydrogens (tertiary/aromatic N) is 1. The molecule has 7 nitrogen and oxygen atoms in total. The highest BCUT2D eigenvalue weighted by Crippen LogP contribution is 2.17. The van der Waals surface area contributed by atoms with Gasteiger partial charge in [-0.1, -0.05) is 18.2 Å². The Kier molecular flexibility index (Phi) is 5.16. The molecular weight excluding hydrogens is 262 g/mol. The highest BCUT2D eigenvalue weighted by atomic mass is 16.4. The van der Waals surface area contributed by atoms with Gasteiger partial charge < -0.3 is 16.6 Å². The number of hydrogen-bond acceptors (Lipinski definition) is 4. The number of allylic oxidation sites excluding steroid dienone is 2. The number of carbonyl (C=O) groups is 3. The van der Waals surface area contributed by atoms with Gasteiger partial charge in [0.2, 0.25) is 11.8 Å². The molecule has 0 saturated carbocycles. The van der Waals surface area contributed by atoms with E-state index in [4.69, 9.17) is 16.6 Å². The number of carboxylic acids is 1. The van der Waals surface area contributed by atoms with Crippen LogP contribution in [0.25, 0.3) is 0 Å². The lowest BCUT2D eigenvalue weighted by atomic mass is 10.0. The van der Waals surface area contributed by atoms with E-state index >= 15 is 0 Å². The van der Waals surface area contributed by atoms with Crippen LogP contribution in [0.5, 0.6) is 0 Å². The zero-order chi connectivity index (χ0) is 15.1. The van der Waals surface area contributed by atoms with Gasteiger partial charge in [0.15, 0.2) is 0 Å². The van der Waals surface area contributed by atoms with Crippen LogP contribution in [0.1, 0.15) is 22.1 Å². The molecule has 104 valence electrons. The number of carboxylic acid groups (broad SMARTS) is 1. The van der Waals surface area contributed by atoms with Gasteiger partial charge in [-0.05, 0) is 24.3 Å². The van der Waals surface area contributed by atoms with E-state index in [0.29, 0.717) is 5.69 Å². The number of nitrogens with two attached hydrogens (primary N) is 2. The second-order valence-corrected chi connectivity index (χ2v) is 3.80. The molecule has 2 amide bonds. The van der Waals surface area contributed by atoms with Crippen molar-refractivity contribution >= 4 is 17.8 Å². The highest BCUT2D eigenvalue weighted by Gasteiger charge is 2.11. The van der Waals surface area contributed by atoms with Crippen molar-refractivity contribution in [1.82, 2.24) is 4.98 Å². The van der Waals surface area contributed by atoms with Gasteiger partial charge >= 0.3 is 5.97 Å². The average molecular weight is 275 g/mol. The summed E-state index contributed by atoms with van der Waals surface area (Å²) in [5.41, 5.74) is 10.2.